The second kappa shape index (κ2) is 6.28. The first-order valence-electron chi connectivity index (χ1n) is 7.83. The molecule has 0 bridgehead atoms. The molecule has 0 radical (unpaired) electrons. The Kier molecular flexibility index (Phi) is 4.16. The van der Waals surface area contributed by atoms with Crippen LogP contribution >= 0.6 is 0 Å². The minimum atomic E-state index is -0.982. The molecule has 5 nitrogen and oxygen atoms in total. The van der Waals surface area contributed by atoms with Crippen LogP contribution in [0.25, 0.3) is 16.8 Å². The predicted molar refractivity (Wildman–Crippen MR) is 92.6 cm³/mol. The summed E-state index contributed by atoms with van der Waals surface area (Å²) in [5, 5.41) is 17.8. The summed E-state index contributed by atoms with van der Waals surface area (Å²) in [4.78, 5) is 11.8. The van der Waals surface area contributed by atoms with Crippen LogP contribution in [0.3, 0.4) is 0 Å². The topological polar surface area (TPSA) is 68.0 Å². The monoisotopic (exact) mass is 321 g/mol. The maximum atomic E-state index is 11.8. The number of carboxylic acid groups (broad SMARTS) is 1. The molecule has 0 unspecified atom stereocenters. The number of hydrogen-bond donors (Lipinski definition) is 1. The van der Waals surface area contributed by atoms with Crippen molar-refractivity contribution in [3.8, 4) is 16.8 Å². The number of benzene rings is 2. The zero-order chi connectivity index (χ0) is 17.3. The summed E-state index contributed by atoms with van der Waals surface area (Å²) in [6, 6.07) is 13.3. The highest BCUT2D eigenvalue weighted by molar-refractivity contribution is 5.96. The Morgan fingerprint density at radius 3 is 2.46 bits per heavy atom. The summed E-state index contributed by atoms with van der Waals surface area (Å²) >= 11 is 0. The molecule has 0 saturated carbocycles. The van der Waals surface area contributed by atoms with Crippen LogP contribution in [0.15, 0.2) is 48.7 Å². The number of hydrogen-bond acceptors (Lipinski definition) is 3. The molecule has 0 saturated heterocycles. The first-order valence-corrected chi connectivity index (χ1v) is 7.83. The van der Waals surface area contributed by atoms with Crippen molar-refractivity contribution in [1.29, 1.82) is 0 Å². The lowest BCUT2D eigenvalue weighted by molar-refractivity contribution is 0.0696. The summed E-state index contributed by atoms with van der Waals surface area (Å²) < 4.78 is 1.64. The molecule has 5 heteroatoms. The highest BCUT2D eigenvalue weighted by atomic mass is 16.4. The fraction of sp³-hybridized carbons (Fsp3) is 0.211. The van der Waals surface area contributed by atoms with Crippen LogP contribution in [-0.2, 0) is 0 Å². The van der Waals surface area contributed by atoms with Crippen LogP contribution in [-0.4, -0.2) is 26.1 Å². The molecule has 0 aliphatic carbocycles. The Bertz CT molecular complexity index is 880. The van der Waals surface area contributed by atoms with Gasteiger partial charge in [-0.2, -0.15) is 0 Å². The molecule has 1 N–H and O–H groups in total. The van der Waals surface area contributed by atoms with E-state index in [0.29, 0.717) is 5.69 Å². The summed E-state index contributed by atoms with van der Waals surface area (Å²) in [5.41, 5.74) is 4.55. The maximum Gasteiger partial charge on any atom is 0.337 e. The number of aromatic carboxylic acids is 1. The summed E-state index contributed by atoms with van der Waals surface area (Å²) in [6.07, 6.45) is 1.68. The number of nitrogens with zero attached hydrogens (tertiary/aromatic N) is 3. The minimum Gasteiger partial charge on any atom is -0.478 e. The molecule has 0 amide bonds. The van der Waals surface area contributed by atoms with Crippen LogP contribution in [0.2, 0.25) is 0 Å². The molecule has 3 rings (SSSR count). The van der Waals surface area contributed by atoms with Crippen LogP contribution in [0, 0.1) is 6.92 Å². The van der Waals surface area contributed by atoms with E-state index in [1.165, 1.54) is 0 Å². The summed E-state index contributed by atoms with van der Waals surface area (Å²) in [6.45, 7) is 6.08. The number of carbonyl (C=O) groups is 1. The smallest absolute Gasteiger partial charge is 0.337 e. The van der Waals surface area contributed by atoms with Crippen molar-refractivity contribution < 1.29 is 9.90 Å². The molecule has 2 aromatic carbocycles. The van der Waals surface area contributed by atoms with E-state index in [1.807, 2.05) is 51.1 Å². The van der Waals surface area contributed by atoms with E-state index in [1.54, 1.807) is 23.0 Å². The van der Waals surface area contributed by atoms with Gasteiger partial charge in [0.2, 0.25) is 0 Å². The quantitative estimate of drug-likeness (QED) is 0.786. The molecule has 122 valence electrons. The third-order valence-electron chi connectivity index (χ3n) is 4.01. The maximum absolute atomic E-state index is 11.8. The normalized spacial score (nSPS) is 11.0. The van der Waals surface area contributed by atoms with Gasteiger partial charge in [-0.25, -0.2) is 9.48 Å². The molecule has 1 heterocycles. The predicted octanol–water partition coefficient (Wildman–Crippen LogP) is 4.06. The molecular weight excluding hydrogens is 302 g/mol. The largest absolute Gasteiger partial charge is 0.478 e. The van der Waals surface area contributed by atoms with Gasteiger partial charge in [-0.15, -0.1) is 5.10 Å². The van der Waals surface area contributed by atoms with E-state index in [4.69, 9.17) is 0 Å². The molecular formula is C19H19N3O2. The molecule has 24 heavy (non-hydrogen) atoms. The van der Waals surface area contributed by atoms with Gasteiger partial charge in [0.05, 0.1) is 23.1 Å². The second-order valence-corrected chi connectivity index (χ2v) is 6.10. The number of carboxylic acids is 1. The Morgan fingerprint density at radius 1 is 1.12 bits per heavy atom. The first kappa shape index (κ1) is 15.9. The van der Waals surface area contributed by atoms with Crippen molar-refractivity contribution in [2.45, 2.75) is 26.7 Å². The van der Waals surface area contributed by atoms with Gasteiger partial charge in [0, 0.05) is 5.56 Å². The standard InChI is InChI=1S/C19H19N3O2/c1-12(2)17-11-20-21-22(17)18-15(5-4-6-16(18)19(23)24)14-9-7-13(3)8-10-14/h4-12H,1-3H3,(H,23,24). The van der Waals surface area contributed by atoms with E-state index in [-0.39, 0.29) is 11.5 Å². The molecule has 0 aliphatic rings. The SMILES string of the molecule is Cc1ccc(-c2cccc(C(=O)O)c2-n2nncc2C(C)C)cc1. The van der Waals surface area contributed by atoms with E-state index < -0.39 is 5.97 Å². The lowest BCUT2D eigenvalue weighted by atomic mass is 9.98. The van der Waals surface area contributed by atoms with Gasteiger partial charge >= 0.3 is 5.97 Å². The van der Waals surface area contributed by atoms with Gasteiger partial charge in [-0.05, 0) is 24.5 Å². The lowest BCUT2D eigenvalue weighted by Crippen LogP contribution is -2.11. The van der Waals surface area contributed by atoms with Gasteiger partial charge in [0.1, 0.15) is 0 Å². The summed E-state index contributed by atoms with van der Waals surface area (Å²) in [5.74, 6) is -0.808. The molecule has 0 aliphatic heterocycles. The number of aromatic nitrogens is 3. The highest BCUT2D eigenvalue weighted by Gasteiger charge is 2.21. The zero-order valence-corrected chi connectivity index (χ0v) is 13.9. The lowest BCUT2D eigenvalue weighted by Gasteiger charge is -2.16. The van der Waals surface area contributed by atoms with E-state index in [0.717, 1.165) is 22.4 Å². The van der Waals surface area contributed by atoms with Crippen molar-refractivity contribution in [3.63, 3.8) is 0 Å². The molecule has 0 fully saturated rings. The van der Waals surface area contributed by atoms with Crippen molar-refractivity contribution in [2.75, 3.05) is 0 Å². The fourth-order valence-electron chi connectivity index (χ4n) is 2.72. The van der Waals surface area contributed by atoms with Crippen molar-refractivity contribution in [2.24, 2.45) is 0 Å². The highest BCUT2D eigenvalue weighted by Crippen LogP contribution is 2.31. The minimum absolute atomic E-state index is 0.174. The molecule has 0 atom stereocenters. The van der Waals surface area contributed by atoms with E-state index >= 15 is 0 Å². The van der Waals surface area contributed by atoms with Crippen LogP contribution in [0.4, 0.5) is 0 Å². The number of rotatable bonds is 4. The fourth-order valence-corrected chi connectivity index (χ4v) is 2.72. The van der Waals surface area contributed by atoms with Crippen LogP contribution < -0.4 is 0 Å². The number of aryl methyl sites for hydroxylation is 1. The summed E-state index contributed by atoms with van der Waals surface area (Å²) in [7, 11) is 0. The Hall–Kier alpha value is -2.95. The van der Waals surface area contributed by atoms with E-state index in [9.17, 15) is 9.90 Å². The van der Waals surface area contributed by atoms with Gasteiger partial charge in [0.25, 0.3) is 0 Å². The average molecular weight is 321 g/mol. The third-order valence-corrected chi connectivity index (χ3v) is 4.01. The zero-order valence-electron chi connectivity index (χ0n) is 13.9. The van der Waals surface area contributed by atoms with Gasteiger partial charge < -0.3 is 5.11 Å². The third kappa shape index (κ3) is 2.80. The second-order valence-electron chi connectivity index (χ2n) is 6.10. The molecule has 0 spiro atoms. The van der Waals surface area contributed by atoms with E-state index in [2.05, 4.69) is 10.3 Å². The Balaban J connectivity index is 2.31. The van der Waals surface area contributed by atoms with Crippen molar-refractivity contribution in [3.05, 3.63) is 65.5 Å². The van der Waals surface area contributed by atoms with Crippen LogP contribution in [0.1, 0.15) is 41.4 Å². The molecule has 3 aromatic rings. The van der Waals surface area contributed by atoms with Gasteiger partial charge in [0.15, 0.2) is 0 Å². The first-order chi connectivity index (χ1) is 11.5. The van der Waals surface area contributed by atoms with Crippen LogP contribution in [0.5, 0.6) is 0 Å². The van der Waals surface area contributed by atoms with Gasteiger partial charge in [-0.1, -0.05) is 61.0 Å². The molecule has 1 aromatic heterocycles. The van der Waals surface area contributed by atoms with Crippen molar-refractivity contribution in [1.82, 2.24) is 15.0 Å². The van der Waals surface area contributed by atoms with Crippen molar-refractivity contribution >= 4 is 5.97 Å². The average Bonchev–Trinajstić information content (AvgIpc) is 3.04. The Morgan fingerprint density at radius 2 is 1.83 bits per heavy atom. The van der Waals surface area contributed by atoms with Gasteiger partial charge in [-0.3, -0.25) is 0 Å². The Labute approximate surface area is 140 Å². The number of para-hydroxylation sites is 1.